The van der Waals surface area contributed by atoms with Crippen LogP contribution in [0, 0.1) is 0 Å². The molecule has 0 amide bonds. The molecule has 2 aromatic carbocycles. The molecule has 0 spiro atoms. The van der Waals surface area contributed by atoms with E-state index in [9.17, 15) is 0 Å². The second kappa shape index (κ2) is 8.38. The summed E-state index contributed by atoms with van der Waals surface area (Å²) in [5.74, 6) is 1.75. The van der Waals surface area contributed by atoms with E-state index in [-0.39, 0.29) is 0 Å². The maximum Gasteiger partial charge on any atom is 0.163 e. The van der Waals surface area contributed by atoms with E-state index in [1.54, 1.807) is 11.1 Å². The maximum absolute atomic E-state index is 6.02. The lowest BCUT2D eigenvalue weighted by Gasteiger charge is -2.33. The van der Waals surface area contributed by atoms with Crippen LogP contribution in [0.1, 0.15) is 5.56 Å². The van der Waals surface area contributed by atoms with Crippen molar-refractivity contribution in [1.29, 1.82) is 0 Å². The van der Waals surface area contributed by atoms with Crippen LogP contribution in [0.5, 0.6) is 0 Å². The lowest BCUT2D eigenvalue weighted by Crippen LogP contribution is -3.13. The third-order valence-electron chi connectivity index (χ3n) is 5.64. The summed E-state index contributed by atoms with van der Waals surface area (Å²) in [7, 11) is 0. The lowest BCUT2D eigenvalue weighted by molar-refractivity contribution is -0.914. The molecule has 3 heterocycles. The number of pyridine rings is 1. The number of rotatable bonds is 4. The molecule has 5 rings (SSSR count). The molecule has 6 heteroatoms. The highest BCUT2D eigenvalue weighted by Crippen LogP contribution is 2.27. The molecule has 0 atom stereocenters. The van der Waals surface area contributed by atoms with Crippen LogP contribution in [-0.2, 0) is 6.54 Å². The molecule has 1 aliphatic rings. The Morgan fingerprint density at radius 1 is 0.900 bits per heavy atom. The van der Waals surface area contributed by atoms with E-state index in [1.807, 2.05) is 36.5 Å². The van der Waals surface area contributed by atoms with E-state index in [0.29, 0.717) is 0 Å². The zero-order chi connectivity index (χ0) is 20.3. The molecule has 0 saturated carbocycles. The molecule has 4 aromatic rings. The van der Waals surface area contributed by atoms with E-state index >= 15 is 0 Å². The molecule has 5 nitrogen and oxygen atoms in total. The topological polar surface area (TPSA) is 46.4 Å². The number of benzene rings is 2. The summed E-state index contributed by atoms with van der Waals surface area (Å²) < 4.78 is 0. The molecule has 2 aromatic heterocycles. The van der Waals surface area contributed by atoms with Crippen LogP contribution in [0.3, 0.4) is 0 Å². The van der Waals surface area contributed by atoms with Gasteiger partial charge in [-0.15, -0.1) is 0 Å². The second-order valence-corrected chi connectivity index (χ2v) is 8.11. The average molecular weight is 417 g/mol. The Morgan fingerprint density at radius 2 is 1.70 bits per heavy atom. The van der Waals surface area contributed by atoms with Gasteiger partial charge < -0.3 is 9.80 Å². The van der Waals surface area contributed by atoms with Gasteiger partial charge in [0.1, 0.15) is 12.4 Å². The Kier molecular flexibility index (Phi) is 5.30. The Hall–Kier alpha value is -3.02. The first kappa shape index (κ1) is 19.0. The molecule has 1 fully saturated rings. The van der Waals surface area contributed by atoms with Gasteiger partial charge in [0.05, 0.1) is 31.7 Å². The van der Waals surface area contributed by atoms with Crippen LogP contribution in [0.15, 0.2) is 73.1 Å². The first-order valence-electron chi connectivity index (χ1n) is 10.3. The van der Waals surface area contributed by atoms with Gasteiger partial charge in [-0.2, -0.15) is 0 Å². The molecule has 0 unspecified atom stereocenters. The first-order chi connectivity index (χ1) is 14.8. The number of hydrogen-bond acceptors (Lipinski definition) is 4. The highest BCUT2D eigenvalue weighted by atomic mass is 35.5. The van der Waals surface area contributed by atoms with Crippen LogP contribution < -0.4 is 9.80 Å². The Labute approximate surface area is 181 Å². The van der Waals surface area contributed by atoms with E-state index in [4.69, 9.17) is 21.6 Å². The third-order valence-corrected chi connectivity index (χ3v) is 5.89. The smallest absolute Gasteiger partial charge is 0.163 e. The fourth-order valence-electron chi connectivity index (χ4n) is 4.03. The van der Waals surface area contributed by atoms with Crippen molar-refractivity contribution in [3.05, 3.63) is 83.6 Å². The molecule has 0 bridgehead atoms. The number of hydrogen-bond donors (Lipinski definition) is 1. The van der Waals surface area contributed by atoms with Gasteiger partial charge in [0.2, 0.25) is 0 Å². The summed E-state index contributed by atoms with van der Waals surface area (Å²) >= 11 is 6.02. The van der Waals surface area contributed by atoms with Gasteiger partial charge in [0.15, 0.2) is 5.82 Å². The summed E-state index contributed by atoms with van der Waals surface area (Å²) in [5.41, 5.74) is 3.24. The van der Waals surface area contributed by atoms with Gasteiger partial charge in [0, 0.05) is 33.9 Å². The monoisotopic (exact) mass is 416 g/mol. The number of nitrogens with one attached hydrogen (secondary N) is 1. The van der Waals surface area contributed by atoms with Crippen molar-refractivity contribution in [2.45, 2.75) is 6.54 Å². The van der Waals surface area contributed by atoms with E-state index in [2.05, 4.69) is 40.2 Å². The fraction of sp³-hybridized carbons (Fsp3) is 0.208. The molecule has 0 radical (unpaired) electrons. The minimum atomic E-state index is 0.729. The van der Waals surface area contributed by atoms with E-state index < -0.39 is 0 Å². The zero-order valence-electron chi connectivity index (χ0n) is 16.6. The van der Waals surface area contributed by atoms with Crippen molar-refractivity contribution >= 4 is 28.3 Å². The highest BCUT2D eigenvalue weighted by Gasteiger charge is 2.23. The number of nitrogens with zero attached hydrogens (tertiary/aromatic N) is 4. The molecule has 30 heavy (non-hydrogen) atoms. The van der Waals surface area contributed by atoms with Crippen molar-refractivity contribution in [3.8, 4) is 11.4 Å². The van der Waals surface area contributed by atoms with Crippen LogP contribution in [0.25, 0.3) is 22.3 Å². The predicted octanol–water partition coefficient (Wildman–Crippen LogP) is 3.25. The lowest BCUT2D eigenvalue weighted by atomic mass is 10.1. The molecular weight excluding hydrogens is 394 g/mol. The SMILES string of the molecule is Clc1ccc(C[NH+]2CCN(c3nc(-c4cccnc4)nc4ccccc34)CC2)cc1. The number of halogens is 1. The average Bonchev–Trinajstić information content (AvgIpc) is 2.81. The van der Waals surface area contributed by atoms with Crippen LogP contribution in [0.4, 0.5) is 5.82 Å². The quantitative estimate of drug-likeness (QED) is 0.554. The summed E-state index contributed by atoms with van der Waals surface area (Å²) in [6, 6.07) is 20.4. The van der Waals surface area contributed by atoms with Crippen molar-refractivity contribution < 1.29 is 4.90 Å². The molecule has 1 aliphatic heterocycles. The van der Waals surface area contributed by atoms with Gasteiger partial charge in [-0.3, -0.25) is 4.98 Å². The summed E-state index contributed by atoms with van der Waals surface area (Å²) in [5, 5.41) is 1.89. The maximum atomic E-state index is 6.02. The number of para-hydroxylation sites is 1. The minimum absolute atomic E-state index is 0.729. The van der Waals surface area contributed by atoms with Crippen molar-refractivity contribution in [2.75, 3.05) is 31.1 Å². The van der Waals surface area contributed by atoms with Crippen molar-refractivity contribution in [3.63, 3.8) is 0 Å². The Bertz CT molecular complexity index is 1140. The molecule has 0 aliphatic carbocycles. The summed E-state index contributed by atoms with van der Waals surface area (Å²) in [6.07, 6.45) is 3.59. The van der Waals surface area contributed by atoms with Gasteiger partial charge in [-0.1, -0.05) is 35.9 Å². The third kappa shape index (κ3) is 3.99. The standard InChI is InChI=1S/C24H22ClN5/c25-20-9-7-18(8-10-20)17-29-12-14-30(15-13-29)24-21-5-1-2-6-22(21)27-23(28-24)19-4-3-11-26-16-19/h1-11,16H,12-15,17H2/p+1. The molecule has 1 saturated heterocycles. The molecule has 150 valence electrons. The van der Waals surface area contributed by atoms with Gasteiger partial charge in [-0.05, 0) is 36.4 Å². The number of piperazine rings is 1. The highest BCUT2D eigenvalue weighted by molar-refractivity contribution is 6.30. The van der Waals surface area contributed by atoms with E-state index in [0.717, 1.165) is 65.9 Å². The second-order valence-electron chi connectivity index (χ2n) is 7.67. The Morgan fingerprint density at radius 3 is 2.47 bits per heavy atom. The molecular formula is C24H23ClN5+. The number of fused-ring (bicyclic) bond motifs is 1. The normalized spacial score (nSPS) is 14.9. The van der Waals surface area contributed by atoms with Gasteiger partial charge in [-0.25, -0.2) is 9.97 Å². The predicted molar refractivity (Wildman–Crippen MR) is 121 cm³/mol. The van der Waals surface area contributed by atoms with Crippen LogP contribution >= 0.6 is 11.6 Å². The number of anilines is 1. The zero-order valence-corrected chi connectivity index (χ0v) is 17.4. The first-order valence-corrected chi connectivity index (χ1v) is 10.6. The largest absolute Gasteiger partial charge is 0.345 e. The Balaban J connectivity index is 1.39. The van der Waals surface area contributed by atoms with Crippen LogP contribution in [-0.4, -0.2) is 41.1 Å². The van der Waals surface area contributed by atoms with E-state index in [1.165, 1.54) is 5.56 Å². The number of quaternary nitrogens is 1. The fourth-order valence-corrected chi connectivity index (χ4v) is 4.15. The van der Waals surface area contributed by atoms with Crippen molar-refractivity contribution in [2.24, 2.45) is 0 Å². The number of aromatic nitrogens is 3. The van der Waals surface area contributed by atoms with Gasteiger partial charge in [0.25, 0.3) is 0 Å². The van der Waals surface area contributed by atoms with Crippen molar-refractivity contribution in [1.82, 2.24) is 15.0 Å². The molecule has 1 N–H and O–H groups in total. The summed E-state index contributed by atoms with van der Waals surface area (Å²) in [4.78, 5) is 18.0. The van der Waals surface area contributed by atoms with Gasteiger partial charge >= 0.3 is 0 Å². The van der Waals surface area contributed by atoms with Crippen LogP contribution in [0.2, 0.25) is 5.02 Å². The minimum Gasteiger partial charge on any atom is -0.345 e. The summed E-state index contributed by atoms with van der Waals surface area (Å²) in [6.45, 7) is 5.11.